The normalized spacial score (nSPS) is 10.9. The lowest BCUT2D eigenvalue weighted by molar-refractivity contribution is 0.104. The number of thiophene rings is 1. The SMILES string of the molecule is O=C(c1ccccc1)c1ccc(-c2c[nH]c3ccccc23)s1. The van der Waals surface area contributed by atoms with Crippen LogP contribution in [0.15, 0.2) is 72.9 Å². The minimum atomic E-state index is 0.0803. The van der Waals surface area contributed by atoms with E-state index in [0.717, 1.165) is 26.4 Å². The zero-order chi connectivity index (χ0) is 14.9. The molecule has 22 heavy (non-hydrogen) atoms. The molecule has 0 fully saturated rings. The van der Waals surface area contributed by atoms with Crippen LogP contribution in [0.5, 0.6) is 0 Å². The first-order valence-electron chi connectivity index (χ1n) is 7.09. The minimum Gasteiger partial charge on any atom is -0.361 e. The summed E-state index contributed by atoms with van der Waals surface area (Å²) >= 11 is 1.54. The van der Waals surface area contributed by atoms with E-state index in [1.807, 2.05) is 60.8 Å². The second-order valence-corrected chi connectivity index (χ2v) is 6.19. The third-order valence-electron chi connectivity index (χ3n) is 3.72. The summed E-state index contributed by atoms with van der Waals surface area (Å²) < 4.78 is 0. The number of aromatic nitrogens is 1. The number of nitrogens with one attached hydrogen (secondary N) is 1. The molecule has 0 saturated heterocycles. The van der Waals surface area contributed by atoms with E-state index >= 15 is 0 Å². The second-order valence-electron chi connectivity index (χ2n) is 5.11. The maximum absolute atomic E-state index is 12.5. The molecule has 0 amide bonds. The summed E-state index contributed by atoms with van der Waals surface area (Å²) in [4.78, 5) is 17.7. The molecular weight excluding hydrogens is 290 g/mol. The first-order chi connectivity index (χ1) is 10.8. The first-order valence-corrected chi connectivity index (χ1v) is 7.90. The molecular formula is C19H13NOS. The predicted octanol–water partition coefficient (Wildman–Crippen LogP) is 5.13. The molecule has 3 heteroatoms. The molecule has 0 saturated carbocycles. The molecule has 1 N–H and O–H groups in total. The fourth-order valence-corrected chi connectivity index (χ4v) is 3.61. The van der Waals surface area contributed by atoms with E-state index in [4.69, 9.17) is 0 Å². The van der Waals surface area contributed by atoms with Gasteiger partial charge in [0.1, 0.15) is 0 Å². The van der Waals surface area contributed by atoms with Gasteiger partial charge in [0.15, 0.2) is 0 Å². The summed E-state index contributed by atoms with van der Waals surface area (Å²) in [5.74, 6) is 0.0803. The summed E-state index contributed by atoms with van der Waals surface area (Å²) in [6, 6.07) is 21.5. The van der Waals surface area contributed by atoms with Gasteiger partial charge in [-0.05, 0) is 18.2 Å². The molecule has 0 aliphatic rings. The fourth-order valence-electron chi connectivity index (χ4n) is 2.61. The zero-order valence-electron chi connectivity index (χ0n) is 11.7. The zero-order valence-corrected chi connectivity index (χ0v) is 12.6. The summed E-state index contributed by atoms with van der Waals surface area (Å²) in [6.07, 6.45) is 2.01. The molecule has 0 aliphatic heterocycles. The number of para-hydroxylation sites is 1. The standard InChI is InChI=1S/C19H13NOS/c21-19(13-6-2-1-3-7-13)18-11-10-17(22-18)15-12-20-16-9-5-4-8-14(15)16/h1-12,20H. The van der Waals surface area contributed by atoms with Crippen molar-refractivity contribution in [3.63, 3.8) is 0 Å². The summed E-state index contributed by atoms with van der Waals surface area (Å²) in [5, 5.41) is 1.18. The van der Waals surface area contributed by atoms with Gasteiger partial charge in [-0.3, -0.25) is 4.79 Å². The highest BCUT2D eigenvalue weighted by Crippen LogP contribution is 2.34. The third-order valence-corrected chi connectivity index (χ3v) is 4.84. The van der Waals surface area contributed by atoms with Gasteiger partial charge in [-0.15, -0.1) is 11.3 Å². The van der Waals surface area contributed by atoms with E-state index in [1.54, 1.807) is 0 Å². The number of rotatable bonds is 3. The Balaban J connectivity index is 1.74. The molecule has 2 aromatic heterocycles. The molecule has 2 nitrogen and oxygen atoms in total. The van der Waals surface area contributed by atoms with Gasteiger partial charge in [0.2, 0.25) is 5.78 Å². The van der Waals surface area contributed by atoms with E-state index in [9.17, 15) is 4.79 Å². The van der Waals surface area contributed by atoms with Gasteiger partial charge in [-0.1, -0.05) is 48.5 Å². The third kappa shape index (κ3) is 2.16. The number of benzene rings is 2. The van der Waals surface area contributed by atoms with Gasteiger partial charge < -0.3 is 4.98 Å². The lowest BCUT2D eigenvalue weighted by Gasteiger charge is -1.97. The Bertz CT molecular complexity index is 950. The van der Waals surface area contributed by atoms with E-state index < -0.39 is 0 Å². The van der Waals surface area contributed by atoms with Crippen LogP contribution in [0.1, 0.15) is 15.2 Å². The number of hydrogen-bond donors (Lipinski definition) is 1. The van der Waals surface area contributed by atoms with Gasteiger partial charge in [-0.2, -0.15) is 0 Å². The van der Waals surface area contributed by atoms with Crippen molar-refractivity contribution in [1.82, 2.24) is 4.98 Å². The maximum Gasteiger partial charge on any atom is 0.202 e. The van der Waals surface area contributed by atoms with E-state index in [-0.39, 0.29) is 5.78 Å². The van der Waals surface area contributed by atoms with Crippen LogP contribution in [0.2, 0.25) is 0 Å². The number of hydrogen-bond acceptors (Lipinski definition) is 2. The second kappa shape index (κ2) is 5.28. The summed E-state index contributed by atoms with van der Waals surface area (Å²) in [5.41, 5.74) is 2.99. The predicted molar refractivity (Wildman–Crippen MR) is 91.5 cm³/mol. The van der Waals surface area contributed by atoms with Gasteiger partial charge in [0.25, 0.3) is 0 Å². The largest absolute Gasteiger partial charge is 0.361 e. The molecule has 0 bridgehead atoms. The van der Waals surface area contributed by atoms with Crippen molar-refractivity contribution >= 4 is 28.0 Å². The van der Waals surface area contributed by atoms with E-state index in [0.29, 0.717) is 0 Å². The summed E-state index contributed by atoms with van der Waals surface area (Å²) in [6.45, 7) is 0. The van der Waals surface area contributed by atoms with Gasteiger partial charge in [-0.25, -0.2) is 0 Å². The average Bonchev–Trinajstić information content (AvgIpc) is 3.21. The van der Waals surface area contributed by atoms with Crippen molar-refractivity contribution in [3.8, 4) is 10.4 Å². The van der Waals surface area contributed by atoms with Crippen LogP contribution in [-0.4, -0.2) is 10.8 Å². The van der Waals surface area contributed by atoms with E-state index in [1.165, 1.54) is 16.7 Å². The molecule has 4 aromatic rings. The Hall–Kier alpha value is -2.65. The Morgan fingerprint density at radius 1 is 0.864 bits per heavy atom. The van der Waals surface area contributed by atoms with Gasteiger partial charge in [0.05, 0.1) is 4.88 Å². The van der Waals surface area contributed by atoms with Crippen LogP contribution in [-0.2, 0) is 0 Å². The van der Waals surface area contributed by atoms with Crippen LogP contribution in [0, 0.1) is 0 Å². The molecule has 0 atom stereocenters. The maximum atomic E-state index is 12.5. The van der Waals surface area contributed by atoms with Crippen LogP contribution in [0.25, 0.3) is 21.3 Å². The lowest BCUT2D eigenvalue weighted by Crippen LogP contribution is -1.97. The highest BCUT2D eigenvalue weighted by Gasteiger charge is 2.14. The molecule has 2 aromatic carbocycles. The molecule has 4 rings (SSSR count). The first kappa shape index (κ1) is 13.0. The monoisotopic (exact) mass is 303 g/mol. The highest BCUT2D eigenvalue weighted by atomic mass is 32.1. The molecule has 0 radical (unpaired) electrons. The van der Waals surface area contributed by atoms with Gasteiger partial charge >= 0.3 is 0 Å². The fraction of sp³-hybridized carbons (Fsp3) is 0. The van der Waals surface area contributed by atoms with Crippen molar-refractivity contribution in [2.24, 2.45) is 0 Å². The van der Waals surface area contributed by atoms with Crippen LogP contribution >= 0.6 is 11.3 Å². The van der Waals surface area contributed by atoms with Crippen molar-refractivity contribution in [2.45, 2.75) is 0 Å². The number of ketones is 1. The Morgan fingerprint density at radius 3 is 2.50 bits per heavy atom. The topological polar surface area (TPSA) is 32.9 Å². The van der Waals surface area contributed by atoms with E-state index in [2.05, 4.69) is 17.1 Å². The van der Waals surface area contributed by atoms with Crippen molar-refractivity contribution < 1.29 is 4.79 Å². The van der Waals surface area contributed by atoms with Crippen LogP contribution < -0.4 is 0 Å². The summed E-state index contributed by atoms with van der Waals surface area (Å²) in [7, 11) is 0. The average molecular weight is 303 g/mol. The Labute approximate surface area is 132 Å². The Morgan fingerprint density at radius 2 is 1.64 bits per heavy atom. The van der Waals surface area contributed by atoms with Crippen molar-refractivity contribution in [2.75, 3.05) is 0 Å². The molecule has 0 spiro atoms. The van der Waals surface area contributed by atoms with Crippen molar-refractivity contribution in [1.29, 1.82) is 0 Å². The number of fused-ring (bicyclic) bond motifs is 1. The number of carbonyl (C=O) groups is 1. The minimum absolute atomic E-state index is 0.0803. The number of carbonyl (C=O) groups excluding carboxylic acids is 1. The van der Waals surface area contributed by atoms with Crippen LogP contribution in [0.3, 0.4) is 0 Å². The number of aromatic amines is 1. The lowest BCUT2D eigenvalue weighted by atomic mass is 10.1. The number of H-pyrrole nitrogens is 1. The van der Waals surface area contributed by atoms with Crippen molar-refractivity contribution in [3.05, 3.63) is 83.4 Å². The smallest absolute Gasteiger partial charge is 0.202 e. The Kier molecular flexibility index (Phi) is 3.13. The molecule has 2 heterocycles. The van der Waals surface area contributed by atoms with Gasteiger partial charge in [0, 0.05) is 33.1 Å². The molecule has 0 unspecified atom stereocenters. The molecule has 106 valence electrons. The quantitative estimate of drug-likeness (QED) is 0.523. The van der Waals surface area contributed by atoms with Crippen LogP contribution in [0.4, 0.5) is 0 Å². The molecule has 0 aliphatic carbocycles. The highest BCUT2D eigenvalue weighted by molar-refractivity contribution is 7.17.